The van der Waals surface area contributed by atoms with Gasteiger partial charge in [0.05, 0.1) is 21.3 Å². The van der Waals surface area contributed by atoms with E-state index < -0.39 is 11.4 Å². The van der Waals surface area contributed by atoms with Gasteiger partial charge in [0, 0.05) is 13.0 Å². The molecule has 0 aliphatic heterocycles. The average molecular weight is 343 g/mol. The molecule has 1 aromatic rings. The van der Waals surface area contributed by atoms with Crippen LogP contribution in [0.3, 0.4) is 0 Å². The molecule has 1 aliphatic rings. The molecule has 2 rings (SSSR count). The molecule has 5 heteroatoms. The highest BCUT2D eigenvalue weighted by molar-refractivity contribution is 9.10. The normalized spacial score (nSPS) is 18.8. The molecule has 1 N–H and O–H groups in total. The van der Waals surface area contributed by atoms with Crippen LogP contribution in [0.5, 0.6) is 0 Å². The van der Waals surface area contributed by atoms with Crippen molar-refractivity contribution < 1.29 is 9.90 Å². The first kappa shape index (κ1) is 15.5. The Bertz CT molecular complexity index is 488. The zero-order valence-corrected chi connectivity index (χ0v) is 13.9. The number of nitrogens with zero attached hydrogens (tertiary/aromatic N) is 2. The number of aromatic nitrogens is 2. The summed E-state index contributed by atoms with van der Waals surface area (Å²) < 4.78 is 2.92. The average Bonchev–Trinajstić information content (AvgIpc) is 2.62. The molecule has 0 atom stereocenters. The SMILES string of the molecule is CCn1nc(C)c(Br)c1CC1(C(=O)O)CCCCCC1. The molecule has 1 heterocycles. The summed E-state index contributed by atoms with van der Waals surface area (Å²) in [5.74, 6) is -0.646. The van der Waals surface area contributed by atoms with Crippen LogP contribution in [0, 0.1) is 12.3 Å². The van der Waals surface area contributed by atoms with E-state index in [2.05, 4.69) is 21.0 Å². The van der Waals surface area contributed by atoms with Crippen molar-refractivity contribution in [3.63, 3.8) is 0 Å². The van der Waals surface area contributed by atoms with E-state index in [9.17, 15) is 9.90 Å². The quantitative estimate of drug-likeness (QED) is 0.843. The van der Waals surface area contributed by atoms with E-state index in [4.69, 9.17) is 0 Å². The Labute approximate surface area is 128 Å². The molecule has 0 amide bonds. The number of carboxylic acids is 1. The van der Waals surface area contributed by atoms with Crippen LogP contribution >= 0.6 is 15.9 Å². The summed E-state index contributed by atoms with van der Waals surface area (Å²) in [6, 6.07) is 0. The van der Waals surface area contributed by atoms with Gasteiger partial charge in [-0.3, -0.25) is 9.48 Å². The molecular weight excluding hydrogens is 320 g/mol. The largest absolute Gasteiger partial charge is 0.481 e. The van der Waals surface area contributed by atoms with Gasteiger partial charge in [0.2, 0.25) is 0 Å². The third-order valence-corrected chi connectivity index (χ3v) is 5.50. The zero-order valence-electron chi connectivity index (χ0n) is 12.3. The highest BCUT2D eigenvalue weighted by Crippen LogP contribution is 2.40. The van der Waals surface area contributed by atoms with E-state index in [1.165, 1.54) is 0 Å². The lowest BCUT2D eigenvalue weighted by molar-refractivity contribution is -0.150. The van der Waals surface area contributed by atoms with Crippen molar-refractivity contribution in [3.8, 4) is 0 Å². The molecule has 1 aromatic heterocycles. The molecule has 0 unspecified atom stereocenters. The molecule has 0 saturated heterocycles. The number of aryl methyl sites for hydroxylation is 2. The molecule has 112 valence electrons. The van der Waals surface area contributed by atoms with E-state index in [0.717, 1.165) is 60.9 Å². The molecule has 0 spiro atoms. The van der Waals surface area contributed by atoms with Gasteiger partial charge in [0.1, 0.15) is 0 Å². The fourth-order valence-electron chi connectivity index (χ4n) is 3.23. The number of hydrogen-bond acceptors (Lipinski definition) is 2. The monoisotopic (exact) mass is 342 g/mol. The minimum absolute atomic E-state index is 0.581. The van der Waals surface area contributed by atoms with Crippen LogP contribution in [0.1, 0.15) is 56.8 Å². The lowest BCUT2D eigenvalue weighted by Crippen LogP contribution is -2.34. The van der Waals surface area contributed by atoms with Gasteiger partial charge in [0.15, 0.2) is 0 Å². The van der Waals surface area contributed by atoms with Gasteiger partial charge in [-0.05, 0) is 42.6 Å². The molecule has 0 aromatic carbocycles. The second-order valence-electron chi connectivity index (χ2n) is 5.84. The van der Waals surface area contributed by atoms with Gasteiger partial charge < -0.3 is 5.11 Å². The Morgan fingerprint density at radius 3 is 2.45 bits per heavy atom. The molecule has 0 radical (unpaired) electrons. The van der Waals surface area contributed by atoms with E-state index >= 15 is 0 Å². The maximum absolute atomic E-state index is 11.9. The number of aliphatic carboxylic acids is 1. The number of hydrogen-bond donors (Lipinski definition) is 1. The predicted molar refractivity (Wildman–Crippen MR) is 81.8 cm³/mol. The second-order valence-corrected chi connectivity index (χ2v) is 6.63. The first-order chi connectivity index (χ1) is 9.50. The number of rotatable bonds is 4. The van der Waals surface area contributed by atoms with Gasteiger partial charge in [0.25, 0.3) is 0 Å². The minimum Gasteiger partial charge on any atom is -0.481 e. The summed E-state index contributed by atoms with van der Waals surface area (Å²) in [7, 11) is 0. The van der Waals surface area contributed by atoms with E-state index in [1.54, 1.807) is 0 Å². The van der Waals surface area contributed by atoms with E-state index in [1.807, 2.05) is 18.5 Å². The topological polar surface area (TPSA) is 55.1 Å². The molecular formula is C15H23BrN2O2. The van der Waals surface area contributed by atoms with Crippen LogP contribution in [-0.4, -0.2) is 20.9 Å². The van der Waals surface area contributed by atoms with E-state index in [0.29, 0.717) is 6.42 Å². The highest BCUT2D eigenvalue weighted by atomic mass is 79.9. The summed E-state index contributed by atoms with van der Waals surface area (Å²) in [5.41, 5.74) is 1.36. The molecule has 1 fully saturated rings. The zero-order chi connectivity index (χ0) is 14.8. The van der Waals surface area contributed by atoms with Gasteiger partial charge in [-0.2, -0.15) is 5.10 Å². The maximum atomic E-state index is 11.9. The van der Waals surface area contributed by atoms with Crippen LogP contribution in [-0.2, 0) is 17.8 Å². The third-order valence-electron chi connectivity index (χ3n) is 4.47. The first-order valence-electron chi connectivity index (χ1n) is 7.45. The molecule has 1 aliphatic carbocycles. The predicted octanol–water partition coefficient (Wildman–Crippen LogP) is 3.94. The number of carboxylic acid groups (broad SMARTS) is 1. The van der Waals surface area contributed by atoms with Crippen molar-refractivity contribution in [1.29, 1.82) is 0 Å². The van der Waals surface area contributed by atoms with Crippen LogP contribution in [0.2, 0.25) is 0 Å². The Hall–Kier alpha value is -0.840. The summed E-state index contributed by atoms with van der Waals surface area (Å²) in [5, 5.41) is 14.3. The fourth-order valence-corrected chi connectivity index (χ4v) is 3.65. The van der Waals surface area contributed by atoms with Gasteiger partial charge in [-0.25, -0.2) is 0 Å². The van der Waals surface area contributed by atoms with Crippen molar-refractivity contribution in [2.75, 3.05) is 0 Å². The van der Waals surface area contributed by atoms with Gasteiger partial charge >= 0.3 is 5.97 Å². The van der Waals surface area contributed by atoms with Crippen molar-refractivity contribution in [1.82, 2.24) is 9.78 Å². The van der Waals surface area contributed by atoms with Crippen molar-refractivity contribution in [2.45, 2.75) is 65.3 Å². The number of halogens is 1. The lowest BCUT2D eigenvalue weighted by atomic mass is 9.76. The number of carbonyl (C=O) groups is 1. The fraction of sp³-hybridized carbons (Fsp3) is 0.733. The smallest absolute Gasteiger partial charge is 0.310 e. The van der Waals surface area contributed by atoms with Crippen LogP contribution in [0.15, 0.2) is 4.47 Å². The molecule has 20 heavy (non-hydrogen) atoms. The second kappa shape index (κ2) is 6.29. The molecule has 0 bridgehead atoms. The Morgan fingerprint density at radius 2 is 1.95 bits per heavy atom. The van der Waals surface area contributed by atoms with Gasteiger partial charge in [-0.1, -0.05) is 25.7 Å². The van der Waals surface area contributed by atoms with Crippen LogP contribution < -0.4 is 0 Å². The minimum atomic E-state index is -0.646. The first-order valence-corrected chi connectivity index (χ1v) is 8.24. The van der Waals surface area contributed by atoms with Gasteiger partial charge in [-0.15, -0.1) is 0 Å². The van der Waals surface area contributed by atoms with Crippen molar-refractivity contribution >= 4 is 21.9 Å². The summed E-state index contributed by atoms with van der Waals surface area (Å²) in [6.45, 7) is 4.78. The Morgan fingerprint density at radius 1 is 1.35 bits per heavy atom. The molecule has 1 saturated carbocycles. The Kier molecular flexibility index (Phi) is 4.89. The van der Waals surface area contributed by atoms with Crippen LogP contribution in [0.25, 0.3) is 0 Å². The summed E-state index contributed by atoms with van der Waals surface area (Å²) >= 11 is 3.59. The Balaban J connectivity index is 2.35. The van der Waals surface area contributed by atoms with Crippen LogP contribution in [0.4, 0.5) is 0 Å². The lowest BCUT2D eigenvalue weighted by Gasteiger charge is -2.28. The summed E-state index contributed by atoms with van der Waals surface area (Å²) in [4.78, 5) is 11.9. The highest BCUT2D eigenvalue weighted by Gasteiger charge is 2.40. The maximum Gasteiger partial charge on any atom is 0.310 e. The third kappa shape index (κ3) is 2.92. The van der Waals surface area contributed by atoms with Crippen molar-refractivity contribution in [3.05, 3.63) is 15.9 Å². The van der Waals surface area contributed by atoms with Crippen molar-refractivity contribution in [2.24, 2.45) is 5.41 Å². The molecule has 4 nitrogen and oxygen atoms in total. The van der Waals surface area contributed by atoms with E-state index in [-0.39, 0.29) is 0 Å². The summed E-state index contributed by atoms with van der Waals surface area (Å²) in [6.07, 6.45) is 6.49. The standard InChI is InChI=1S/C15H23BrN2O2/c1-3-18-12(13(16)11(2)17-18)10-15(14(19)20)8-6-4-5-7-9-15/h3-10H2,1-2H3,(H,19,20).